The topological polar surface area (TPSA) is 43.9 Å². The SMILES string of the molecule is Clc1ccc2oc(-c3cnn(-c4ccccc4)c3)nc2c1. The Kier molecular flexibility index (Phi) is 2.75. The highest BCUT2D eigenvalue weighted by Gasteiger charge is 2.11. The zero-order valence-corrected chi connectivity index (χ0v) is 11.7. The van der Waals surface area contributed by atoms with E-state index in [0.717, 1.165) is 16.8 Å². The second kappa shape index (κ2) is 4.75. The summed E-state index contributed by atoms with van der Waals surface area (Å²) < 4.78 is 7.52. The van der Waals surface area contributed by atoms with Crippen LogP contribution in [0.25, 0.3) is 28.2 Å². The van der Waals surface area contributed by atoms with Crippen LogP contribution in [0.5, 0.6) is 0 Å². The van der Waals surface area contributed by atoms with E-state index in [1.54, 1.807) is 23.0 Å². The summed E-state index contributed by atoms with van der Waals surface area (Å²) in [4.78, 5) is 4.45. The van der Waals surface area contributed by atoms with Crippen molar-refractivity contribution in [1.82, 2.24) is 14.8 Å². The number of halogens is 1. The Morgan fingerprint density at radius 2 is 1.90 bits per heavy atom. The maximum atomic E-state index is 5.96. The molecule has 5 heteroatoms. The third-order valence-corrected chi connectivity index (χ3v) is 3.43. The molecule has 0 saturated carbocycles. The van der Waals surface area contributed by atoms with Crippen molar-refractivity contribution in [2.24, 2.45) is 0 Å². The van der Waals surface area contributed by atoms with E-state index in [-0.39, 0.29) is 0 Å². The number of fused-ring (bicyclic) bond motifs is 1. The molecular weight excluding hydrogens is 286 g/mol. The van der Waals surface area contributed by atoms with Gasteiger partial charge < -0.3 is 4.42 Å². The van der Waals surface area contributed by atoms with E-state index in [1.807, 2.05) is 42.6 Å². The number of hydrogen-bond donors (Lipinski definition) is 0. The van der Waals surface area contributed by atoms with Gasteiger partial charge in [0.15, 0.2) is 5.58 Å². The first kappa shape index (κ1) is 12.2. The second-order valence-corrected chi connectivity index (χ2v) is 5.08. The van der Waals surface area contributed by atoms with Crippen LogP contribution in [0, 0.1) is 0 Å². The molecule has 0 radical (unpaired) electrons. The van der Waals surface area contributed by atoms with Gasteiger partial charge >= 0.3 is 0 Å². The Bertz CT molecular complexity index is 912. The largest absolute Gasteiger partial charge is 0.436 e. The second-order valence-electron chi connectivity index (χ2n) is 4.64. The van der Waals surface area contributed by atoms with Crippen molar-refractivity contribution in [3.63, 3.8) is 0 Å². The van der Waals surface area contributed by atoms with Crippen LogP contribution < -0.4 is 0 Å². The zero-order valence-electron chi connectivity index (χ0n) is 10.9. The predicted octanol–water partition coefficient (Wildman–Crippen LogP) is 4.33. The van der Waals surface area contributed by atoms with Crippen LogP contribution in [0.2, 0.25) is 5.02 Å². The van der Waals surface area contributed by atoms with Gasteiger partial charge in [-0.1, -0.05) is 29.8 Å². The molecule has 4 nitrogen and oxygen atoms in total. The van der Waals surface area contributed by atoms with Gasteiger partial charge in [-0.05, 0) is 30.3 Å². The highest BCUT2D eigenvalue weighted by molar-refractivity contribution is 6.31. The number of benzene rings is 2. The third-order valence-electron chi connectivity index (χ3n) is 3.20. The lowest BCUT2D eigenvalue weighted by molar-refractivity contribution is 0.620. The van der Waals surface area contributed by atoms with Crippen molar-refractivity contribution in [3.8, 4) is 17.1 Å². The van der Waals surface area contributed by atoms with Gasteiger partial charge in [0, 0.05) is 11.2 Å². The van der Waals surface area contributed by atoms with Crippen LogP contribution >= 0.6 is 11.6 Å². The number of nitrogens with zero attached hydrogens (tertiary/aromatic N) is 3. The lowest BCUT2D eigenvalue weighted by atomic mass is 10.3. The molecule has 0 unspecified atom stereocenters. The summed E-state index contributed by atoms with van der Waals surface area (Å²) in [6.45, 7) is 0. The van der Waals surface area contributed by atoms with Gasteiger partial charge in [0.2, 0.25) is 5.89 Å². The van der Waals surface area contributed by atoms with Crippen LogP contribution in [0.4, 0.5) is 0 Å². The van der Waals surface area contributed by atoms with Crippen LogP contribution in [-0.2, 0) is 0 Å². The summed E-state index contributed by atoms with van der Waals surface area (Å²) in [6, 6.07) is 15.3. The molecule has 4 aromatic rings. The van der Waals surface area contributed by atoms with E-state index in [0.29, 0.717) is 16.5 Å². The number of para-hydroxylation sites is 1. The molecule has 0 aliphatic heterocycles. The normalized spacial score (nSPS) is 11.1. The maximum absolute atomic E-state index is 5.96. The molecule has 0 aliphatic rings. The van der Waals surface area contributed by atoms with E-state index in [2.05, 4.69) is 10.1 Å². The fraction of sp³-hybridized carbons (Fsp3) is 0. The van der Waals surface area contributed by atoms with Crippen LogP contribution in [0.15, 0.2) is 65.3 Å². The van der Waals surface area contributed by atoms with Crippen molar-refractivity contribution in [3.05, 3.63) is 65.9 Å². The van der Waals surface area contributed by atoms with Crippen LogP contribution in [0.1, 0.15) is 0 Å². The Hall–Kier alpha value is -2.59. The highest BCUT2D eigenvalue weighted by Crippen LogP contribution is 2.26. The van der Waals surface area contributed by atoms with E-state index in [4.69, 9.17) is 16.0 Å². The molecule has 2 aromatic heterocycles. The molecule has 21 heavy (non-hydrogen) atoms. The Labute approximate surface area is 125 Å². The number of oxazole rings is 1. The molecule has 102 valence electrons. The Balaban J connectivity index is 1.77. The van der Waals surface area contributed by atoms with E-state index in [1.165, 1.54) is 0 Å². The molecule has 0 saturated heterocycles. The average Bonchev–Trinajstić information content (AvgIpc) is 3.14. The van der Waals surface area contributed by atoms with Gasteiger partial charge in [-0.3, -0.25) is 0 Å². The van der Waals surface area contributed by atoms with Gasteiger partial charge in [-0.15, -0.1) is 0 Å². The summed E-state index contributed by atoms with van der Waals surface area (Å²) in [5.74, 6) is 0.537. The average molecular weight is 296 g/mol. The molecule has 0 aliphatic carbocycles. The zero-order chi connectivity index (χ0) is 14.2. The minimum absolute atomic E-state index is 0.537. The van der Waals surface area contributed by atoms with E-state index >= 15 is 0 Å². The number of hydrogen-bond acceptors (Lipinski definition) is 3. The molecule has 2 heterocycles. The minimum Gasteiger partial charge on any atom is -0.436 e. The Morgan fingerprint density at radius 3 is 2.76 bits per heavy atom. The van der Waals surface area contributed by atoms with Gasteiger partial charge in [-0.25, -0.2) is 9.67 Å². The highest BCUT2D eigenvalue weighted by atomic mass is 35.5. The molecular formula is C16H10ClN3O. The molecule has 0 spiro atoms. The van der Waals surface area contributed by atoms with Gasteiger partial charge in [0.05, 0.1) is 17.4 Å². The lowest BCUT2D eigenvalue weighted by Gasteiger charge is -1.98. The van der Waals surface area contributed by atoms with Crippen molar-refractivity contribution < 1.29 is 4.42 Å². The quantitative estimate of drug-likeness (QED) is 0.553. The van der Waals surface area contributed by atoms with Crippen molar-refractivity contribution in [2.75, 3.05) is 0 Å². The smallest absolute Gasteiger partial charge is 0.230 e. The predicted molar refractivity (Wildman–Crippen MR) is 81.6 cm³/mol. The van der Waals surface area contributed by atoms with Crippen molar-refractivity contribution in [2.45, 2.75) is 0 Å². The van der Waals surface area contributed by atoms with E-state index < -0.39 is 0 Å². The minimum atomic E-state index is 0.537. The molecule has 2 aromatic carbocycles. The monoisotopic (exact) mass is 295 g/mol. The Morgan fingerprint density at radius 1 is 1.05 bits per heavy atom. The standard InChI is InChI=1S/C16H10ClN3O/c17-12-6-7-15-14(8-12)19-16(21-15)11-9-18-20(10-11)13-4-2-1-3-5-13/h1-10H. The van der Waals surface area contributed by atoms with Gasteiger partial charge in [0.25, 0.3) is 0 Å². The molecule has 0 fully saturated rings. The van der Waals surface area contributed by atoms with E-state index in [9.17, 15) is 0 Å². The van der Waals surface area contributed by atoms with Crippen molar-refractivity contribution >= 4 is 22.7 Å². The van der Waals surface area contributed by atoms with Crippen LogP contribution in [-0.4, -0.2) is 14.8 Å². The molecule has 0 atom stereocenters. The number of rotatable bonds is 2. The first-order chi connectivity index (χ1) is 10.3. The molecule has 0 N–H and O–H groups in total. The molecule has 4 rings (SSSR count). The van der Waals surface area contributed by atoms with Crippen LogP contribution in [0.3, 0.4) is 0 Å². The summed E-state index contributed by atoms with van der Waals surface area (Å²) in [6.07, 6.45) is 3.63. The molecule has 0 bridgehead atoms. The first-order valence-electron chi connectivity index (χ1n) is 6.46. The van der Waals surface area contributed by atoms with Gasteiger partial charge in [0.1, 0.15) is 5.52 Å². The lowest BCUT2D eigenvalue weighted by Crippen LogP contribution is -1.92. The van der Waals surface area contributed by atoms with Gasteiger partial charge in [-0.2, -0.15) is 5.10 Å². The number of aromatic nitrogens is 3. The summed E-state index contributed by atoms with van der Waals surface area (Å²) in [5.41, 5.74) is 3.26. The summed E-state index contributed by atoms with van der Waals surface area (Å²) in [7, 11) is 0. The third kappa shape index (κ3) is 2.19. The first-order valence-corrected chi connectivity index (χ1v) is 6.84. The summed E-state index contributed by atoms with van der Waals surface area (Å²) >= 11 is 5.96. The molecule has 0 amide bonds. The fourth-order valence-electron chi connectivity index (χ4n) is 2.18. The maximum Gasteiger partial charge on any atom is 0.230 e. The van der Waals surface area contributed by atoms with Crippen molar-refractivity contribution in [1.29, 1.82) is 0 Å². The fourth-order valence-corrected chi connectivity index (χ4v) is 2.35. The summed E-state index contributed by atoms with van der Waals surface area (Å²) in [5, 5.41) is 4.98.